The first-order valence-electron chi connectivity index (χ1n) is 8.03. The van der Waals surface area contributed by atoms with Crippen LogP contribution >= 0.6 is 11.6 Å². The van der Waals surface area contributed by atoms with E-state index in [2.05, 4.69) is 20.2 Å². The number of carbonyl (C=O) groups is 1. The zero-order chi connectivity index (χ0) is 20.3. The first-order chi connectivity index (χ1) is 13.3. The molecule has 1 amide bonds. The highest BCUT2D eigenvalue weighted by Crippen LogP contribution is 2.29. The second-order valence-electron chi connectivity index (χ2n) is 5.91. The Morgan fingerprint density at radius 1 is 1.18 bits per heavy atom. The molecule has 0 bridgehead atoms. The smallest absolute Gasteiger partial charge is 0.259 e. The van der Waals surface area contributed by atoms with Crippen LogP contribution in [-0.2, 0) is 10.0 Å². The molecule has 0 aliphatic carbocycles. The van der Waals surface area contributed by atoms with Crippen molar-refractivity contribution in [3.63, 3.8) is 0 Å². The fraction of sp³-hybridized carbons (Fsp3) is 0.111. The first-order valence-corrected chi connectivity index (χ1v) is 10.3. The van der Waals surface area contributed by atoms with Gasteiger partial charge in [-0.25, -0.2) is 8.42 Å². The molecule has 0 saturated carbocycles. The van der Waals surface area contributed by atoms with Crippen LogP contribution in [0.2, 0.25) is 5.02 Å². The van der Waals surface area contributed by atoms with Crippen molar-refractivity contribution in [3.05, 3.63) is 59.2 Å². The Kier molecular flexibility index (Phi) is 5.57. The van der Waals surface area contributed by atoms with Gasteiger partial charge in [-0.15, -0.1) is 0 Å². The summed E-state index contributed by atoms with van der Waals surface area (Å²) < 4.78 is 30.6. The number of sulfonamides is 1. The van der Waals surface area contributed by atoms with Gasteiger partial charge in [0.15, 0.2) is 0 Å². The van der Waals surface area contributed by atoms with Gasteiger partial charge in [-0.3, -0.25) is 14.6 Å². The summed E-state index contributed by atoms with van der Waals surface area (Å²) in [5, 5.41) is 10.1. The standard InChI is InChI=1S/C18H17ClN4O4S/c1-27-16-8-7-13(9-15(16)23-28(2,25)26)21-18(24)14-10-20-22-17(14)11-3-5-12(19)6-4-11/h3-10,23H,1-2H3,(H,20,22)(H,21,24). The van der Waals surface area contributed by atoms with Crippen molar-refractivity contribution < 1.29 is 17.9 Å². The van der Waals surface area contributed by atoms with Crippen LogP contribution in [0.5, 0.6) is 5.75 Å². The lowest BCUT2D eigenvalue weighted by Crippen LogP contribution is -2.14. The van der Waals surface area contributed by atoms with E-state index in [1.165, 1.54) is 19.4 Å². The molecule has 3 rings (SSSR count). The average Bonchev–Trinajstić information content (AvgIpc) is 3.11. The van der Waals surface area contributed by atoms with Gasteiger partial charge in [-0.05, 0) is 30.3 Å². The van der Waals surface area contributed by atoms with Crippen molar-refractivity contribution >= 4 is 38.9 Å². The van der Waals surface area contributed by atoms with Crippen LogP contribution in [0.3, 0.4) is 0 Å². The van der Waals surface area contributed by atoms with E-state index in [-0.39, 0.29) is 5.69 Å². The lowest BCUT2D eigenvalue weighted by Gasteiger charge is -2.12. The summed E-state index contributed by atoms with van der Waals surface area (Å²) in [4.78, 5) is 12.7. The molecule has 2 aromatic carbocycles. The third-order valence-electron chi connectivity index (χ3n) is 3.77. The Morgan fingerprint density at radius 3 is 2.54 bits per heavy atom. The molecule has 1 aromatic heterocycles. The van der Waals surface area contributed by atoms with Crippen molar-refractivity contribution in [2.45, 2.75) is 0 Å². The molecule has 0 radical (unpaired) electrons. The van der Waals surface area contributed by atoms with Gasteiger partial charge < -0.3 is 10.1 Å². The predicted octanol–water partition coefficient (Wildman–Crippen LogP) is 3.36. The lowest BCUT2D eigenvalue weighted by molar-refractivity contribution is 0.102. The average molecular weight is 421 g/mol. The fourth-order valence-electron chi connectivity index (χ4n) is 2.56. The van der Waals surface area contributed by atoms with Crippen molar-refractivity contribution in [1.82, 2.24) is 10.2 Å². The maximum Gasteiger partial charge on any atom is 0.259 e. The number of benzene rings is 2. The number of carbonyl (C=O) groups excluding carboxylic acids is 1. The fourth-order valence-corrected chi connectivity index (χ4v) is 3.24. The van der Waals surface area contributed by atoms with E-state index in [1.807, 2.05) is 0 Å². The van der Waals surface area contributed by atoms with Crippen LogP contribution < -0.4 is 14.8 Å². The van der Waals surface area contributed by atoms with E-state index in [0.717, 1.165) is 11.8 Å². The third kappa shape index (κ3) is 4.62. The number of nitrogens with zero attached hydrogens (tertiary/aromatic N) is 1. The Morgan fingerprint density at radius 2 is 1.89 bits per heavy atom. The van der Waals surface area contributed by atoms with Crippen LogP contribution in [-0.4, -0.2) is 37.9 Å². The summed E-state index contributed by atoms with van der Waals surface area (Å²) in [7, 11) is -2.09. The van der Waals surface area contributed by atoms with Crippen LogP contribution in [0.15, 0.2) is 48.7 Å². The zero-order valence-electron chi connectivity index (χ0n) is 15.0. The Bertz CT molecular complexity index is 1110. The Labute approximate surface area is 166 Å². The number of halogens is 1. The zero-order valence-corrected chi connectivity index (χ0v) is 16.6. The lowest BCUT2D eigenvalue weighted by atomic mass is 10.1. The summed E-state index contributed by atoms with van der Waals surface area (Å²) in [5.74, 6) is -0.0808. The van der Waals surface area contributed by atoms with Crippen molar-refractivity contribution in [2.75, 3.05) is 23.4 Å². The van der Waals surface area contributed by atoms with E-state index < -0.39 is 15.9 Å². The number of rotatable bonds is 6. The highest BCUT2D eigenvalue weighted by molar-refractivity contribution is 7.92. The SMILES string of the molecule is COc1ccc(NC(=O)c2cn[nH]c2-c2ccc(Cl)cc2)cc1NS(C)(=O)=O. The van der Waals surface area contributed by atoms with Crippen molar-refractivity contribution in [3.8, 4) is 17.0 Å². The van der Waals surface area contributed by atoms with Crippen molar-refractivity contribution in [1.29, 1.82) is 0 Å². The first kappa shape index (κ1) is 19.7. The molecule has 28 heavy (non-hydrogen) atoms. The maximum absolute atomic E-state index is 12.7. The largest absolute Gasteiger partial charge is 0.495 e. The molecule has 0 aliphatic rings. The molecule has 10 heteroatoms. The topological polar surface area (TPSA) is 113 Å². The van der Waals surface area contributed by atoms with E-state index in [0.29, 0.717) is 27.7 Å². The summed E-state index contributed by atoms with van der Waals surface area (Å²) in [5.41, 5.74) is 2.22. The van der Waals surface area contributed by atoms with Gasteiger partial charge in [0.25, 0.3) is 5.91 Å². The van der Waals surface area contributed by atoms with Gasteiger partial charge in [0.1, 0.15) is 5.75 Å². The molecular formula is C18H17ClN4O4S. The van der Waals surface area contributed by atoms with Crippen LogP contribution in [0.1, 0.15) is 10.4 Å². The number of anilines is 2. The molecule has 8 nitrogen and oxygen atoms in total. The summed E-state index contributed by atoms with van der Waals surface area (Å²) in [6.07, 6.45) is 2.44. The maximum atomic E-state index is 12.7. The molecule has 1 heterocycles. The number of H-pyrrole nitrogens is 1. The number of nitrogens with one attached hydrogen (secondary N) is 3. The quantitative estimate of drug-likeness (QED) is 0.565. The minimum atomic E-state index is -3.51. The molecule has 0 spiro atoms. The normalized spacial score (nSPS) is 11.1. The minimum Gasteiger partial charge on any atom is -0.495 e. The molecule has 0 saturated heterocycles. The minimum absolute atomic E-state index is 0.216. The summed E-state index contributed by atoms with van der Waals surface area (Å²) >= 11 is 5.90. The Hall–Kier alpha value is -3.04. The van der Waals surface area contributed by atoms with E-state index in [1.54, 1.807) is 36.4 Å². The van der Waals surface area contributed by atoms with E-state index in [4.69, 9.17) is 16.3 Å². The molecule has 0 atom stereocenters. The monoisotopic (exact) mass is 420 g/mol. The number of ether oxygens (including phenoxy) is 1. The molecule has 0 aliphatic heterocycles. The molecule has 3 aromatic rings. The summed E-state index contributed by atoms with van der Waals surface area (Å²) in [6, 6.07) is 11.6. The van der Waals surface area contributed by atoms with E-state index in [9.17, 15) is 13.2 Å². The molecular weight excluding hydrogens is 404 g/mol. The predicted molar refractivity (Wildman–Crippen MR) is 108 cm³/mol. The molecule has 146 valence electrons. The van der Waals surface area contributed by atoms with Gasteiger partial charge in [0.2, 0.25) is 10.0 Å². The number of aromatic nitrogens is 2. The van der Waals surface area contributed by atoms with Gasteiger partial charge >= 0.3 is 0 Å². The number of hydrogen-bond donors (Lipinski definition) is 3. The number of methoxy groups -OCH3 is 1. The number of hydrogen-bond acceptors (Lipinski definition) is 5. The highest BCUT2D eigenvalue weighted by Gasteiger charge is 2.17. The van der Waals surface area contributed by atoms with E-state index >= 15 is 0 Å². The number of amides is 1. The van der Waals surface area contributed by atoms with Gasteiger partial charge in [0.05, 0.1) is 36.5 Å². The van der Waals surface area contributed by atoms with Crippen LogP contribution in [0.25, 0.3) is 11.3 Å². The van der Waals surface area contributed by atoms with Gasteiger partial charge in [0, 0.05) is 16.3 Å². The van der Waals surface area contributed by atoms with Gasteiger partial charge in [-0.1, -0.05) is 23.7 Å². The van der Waals surface area contributed by atoms with Crippen LogP contribution in [0.4, 0.5) is 11.4 Å². The molecule has 3 N–H and O–H groups in total. The van der Waals surface area contributed by atoms with Gasteiger partial charge in [-0.2, -0.15) is 5.10 Å². The van der Waals surface area contributed by atoms with Crippen LogP contribution in [0, 0.1) is 0 Å². The third-order valence-corrected chi connectivity index (χ3v) is 4.61. The van der Waals surface area contributed by atoms with Crippen molar-refractivity contribution in [2.24, 2.45) is 0 Å². The summed E-state index contributed by atoms with van der Waals surface area (Å²) in [6.45, 7) is 0. The number of aromatic amines is 1. The Balaban J connectivity index is 1.87. The second-order valence-corrected chi connectivity index (χ2v) is 8.09. The molecule has 0 fully saturated rings. The second kappa shape index (κ2) is 7.91. The molecule has 0 unspecified atom stereocenters. The highest BCUT2D eigenvalue weighted by atomic mass is 35.5.